The zero-order chi connectivity index (χ0) is 15.9. The third kappa shape index (κ3) is 4.14. The van der Waals surface area contributed by atoms with Gasteiger partial charge in [0.25, 0.3) is 5.69 Å². The van der Waals surface area contributed by atoms with E-state index in [2.05, 4.69) is 5.32 Å². The van der Waals surface area contributed by atoms with Crippen molar-refractivity contribution in [3.63, 3.8) is 0 Å². The molecule has 7 nitrogen and oxygen atoms in total. The monoisotopic (exact) mass is 306 g/mol. The highest BCUT2D eigenvalue weighted by molar-refractivity contribution is 5.69. The Bertz CT molecular complexity index is 626. The van der Waals surface area contributed by atoms with Crippen molar-refractivity contribution in [1.29, 1.82) is 0 Å². The molecule has 0 aliphatic rings. The number of furan rings is 1. The molecule has 2 N–H and O–H groups in total. The van der Waals surface area contributed by atoms with Gasteiger partial charge < -0.3 is 19.6 Å². The Morgan fingerprint density at radius 1 is 1.36 bits per heavy atom. The summed E-state index contributed by atoms with van der Waals surface area (Å²) in [7, 11) is 1.52. The average Bonchev–Trinajstić information content (AvgIpc) is 2.96. The Labute approximate surface area is 127 Å². The normalized spacial score (nSPS) is 12.3. The third-order valence-corrected chi connectivity index (χ3v) is 3.07. The molecule has 118 valence electrons. The van der Waals surface area contributed by atoms with Crippen molar-refractivity contribution in [2.45, 2.75) is 12.6 Å². The van der Waals surface area contributed by atoms with Gasteiger partial charge in [-0.05, 0) is 18.2 Å². The molecule has 0 aliphatic carbocycles. The number of methoxy groups -OCH3 is 1. The standard InChI is InChI=1S/C15H18N2O5/c1-21-10-11(18)8-16-9-12-6-7-15(22-12)13-4-2-3-5-14(13)17(19)20/h2-7,11,16,18H,8-10H2,1H3. The van der Waals surface area contributed by atoms with Crippen LogP contribution in [-0.2, 0) is 11.3 Å². The highest BCUT2D eigenvalue weighted by Gasteiger charge is 2.17. The second kappa shape index (κ2) is 7.69. The molecule has 0 spiro atoms. The van der Waals surface area contributed by atoms with Gasteiger partial charge >= 0.3 is 0 Å². The van der Waals surface area contributed by atoms with Gasteiger partial charge in [0.1, 0.15) is 11.5 Å². The summed E-state index contributed by atoms with van der Waals surface area (Å²) in [6.45, 7) is 1.05. The molecule has 1 unspecified atom stereocenters. The zero-order valence-electron chi connectivity index (χ0n) is 12.2. The predicted molar refractivity (Wildman–Crippen MR) is 80.4 cm³/mol. The van der Waals surface area contributed by atoms with E-state index in [1.807, 2.05) is 0 Å². The van der Waals surface area contributed by atoms with Crippen LogP contribution in [-0.4, -0.2) is 36.4 Å². The Hall–Kier alpha value is -2.22. The molecule has 1 aromatic carbocycles. The van der Waals surface area contributed by atoms with Gasteiger partial charge in [0, 0.05) is 19.7 Å². The smallest absolute Gasteiger partial charge is 0.280 e. The number of nitrogens with one attached hydrogen (secondary N) is 1. The molecule has 0 amide bonds. The fourth-order valence-corrected chi connectivity index (χ4v) is 2.07. The molecular weight excluding hydrogens is 288 g/mol. The molecule has 1 atom stereocenters. The van der Waals surface area contributed by atoms with Crippen molar-refractivity contribution in [2.75, 3.05) is 20.3 Å². The molecule has 2 rings (SSSR count). The minimum Gasteiger partial charge on any atom is -0.459 e. The van der Waals surface area contributed by atoms with Gasteiger partial charge in [-0.15, -0.1) is 0 Å². The molecular formula is C15H18N2O5. The Kier molecular flexibility index (Phi) is 5.65. The van der Waals surface area contributed by atoms with Crippen LogP contribution in [0.2, 0.25) is 0 Å². The van der Waals surface area contributed by atoms with E-state index in [1.165, 1.54) is 13.2 Å². The fraction of sp³-hybridized carbons (Fsp3) is 0.333. The Morgan fingerprint density at radius 2 is 2.14 bits per heavy atom. The number of hydrogen-bond donors (Lipinski definition) is 2. The maximum Gasteiger partial charge on any atom is 0.280 e. The lowest BCUT2D eigenvalue weighted by Crippen LogP contribution is -2.29. The van der Waals surface area contributed by atoms with Crippen LogP contribution in [0.5, 0.6) is 0 Å². The number of aliphatic hydroxyl groups is 1. The third-order valence-electron chi connectivity index (χ3n) is 3.07. The number of ether oxygens (including phenoxy) is 1. The second-order valence-electron chi connectivity index (χ2n) is 4.78. The Morgan fingerprint density at radius 3 is 2.86 bits per heavy atom. The topological polar surface area (TPSA) is 97.8 Å². The van der Waals surface area contributed by atoms with E-state index in [4.69, 9.17) is 9.15 Å². The van der Waals surface area contributed by atoms with Crippen molar-refractivity contribution < 1.29 is 19.2 Å². The van der Waals surface area contributed by atoms with E-state index in [-0.39, 0.29) is 12.3 Å². The van der Waals surface area contributed by atoms with E-state index in [0.29, 0.717) is 30.2 Å². The van der Waals surface area contributed by atoms with Crippen LogP contribution in [0, 0.1) is 10.1 Å². The minimum atomic E-state index is -0.588. The van der Waals surface area contributed by atoms with Gasteiger partial charge in [0.15, 0.2) is 0 Å². The lowest BCUT2D eigenvalue weighted by Gasteiger charge is -2.09. The summed E-state index contributed by atoms with van der Waals surface area (Å²) in [6, 6.07) is 9.88. The van der Waals surface area contributed by atoms with Crippen LogP contribution in [0.3, 0.4) is 0 Å². The number of rotatable bonds is 8. The number of benzene rings is 1. The predicted octanol–water partition coefficient (Wildman–Crippen LogP) is 1.95. The molecule has 0 radical (unpaired) electrons. The van der Waals surface area contributed by atoms with Crippen LogP contribution >= 0.6 is 0 Å². The molecule has 7 heteroatoms. The summed E-state index contributed by atoms with van der Waals surface area (Å²) in [5.41, 5.74) is 0.449. The van der Waals surface area contributed by atoms with Crippen molar-refractivity contribution in [3.05, 3.63) is 52.3 Å². The molecule has 0 bridgehead atoms. The van der Waals surface area contributed by atoms with E-state index >= 15 is 0 Å². The molecule has 0 saturated carbocycles. The first kappa shape index (κ1) is 16.2. The van der Waals surface area contributed by atoms with Gasteiger partial charge in [-0.1, -0.05) is 12.1 Å². The highest BCUT2D eigenvalue weighted by atomic mass is 16.6. The molecule has 1 aromatic heterocycles. The molecule has 22 heavy (non-hydrogen) atoms. The number of nitrogens with zero attached hydrogens (tertiary/aromatic N) is 1. The first-order valence-electron chi connectivity index (χ1n) is 6.82. The maximum absolute atomic E-state index is 11.0. The van der Waals surface area contributed by atoms with Crippen molar-refractivity contribution in [2.24, 2.45) is 0 Å². The molecule has 0 fully saturated rings. The van der Waals surface area contributed by atoms with E-state index in [9.17, 15) is 15.2 Å². The van der Waals surface area contributed by atoms with Gasteiger partial charge in [0.05, 0.1) is 29.7 Å². The van der Waals surface area contributed by atoms with Crippen LogP contribution in [0.1, 0.15) is 5.76 Å². The summed E-state index contributed by atoms with van der Waals surface area (Å²) < 4.78 is 10.4. The summed E-state index contributed by atoms with van der Waals surface area (Å²) in [5.74, 6) is 1.08. The quantitative estimate of drug-likeness (QED) is 0.571. The van der Waals surface area contributed by atoms with E-state index < -0.39 is 11.0 Å². The Balaban J connectivity index is 2.01. The molecule has 0 aliphatic heterocycles. The van der Waals surface area contributed by atoms with E-state index in [1.54, 1.807) is 30.3 Å². The number of nitro groups is 1. The fourth-order valence-electron chi connectivity index (χ4n) is 2.07. The SMILES string of the molecule is COCC(O)CNCc1ccc(-c2ccccc2[N+](=O)[O-])o1. The van der Waals surface area contributed by atoms with Crippen LogP contribution in [0.4, 0.5) is 5.69 Å². The van der Waals surface area contributed by atoms with Gasteiger partial charge in [-0.3, -0.25) is 10.1 Å². The van der Waals surface area contributed by atoms with Crippen molar-refractivity contribution in [3.8, 4) is 11.3 Å². The highest BCUT2D eigenvalue weighted by Crippen LogP contribution is 2.30. The van der Waals surface area contributed by atoms with Crippen LogP contribution in [0.15, 0.2) is 40.8 Å². The summed E-state index contributed by atoms with van der Waals surface area (Å²) in [5, 5.41) is 23.6. The second-order valence-corrected chi connectivity index (χ2v) is 4.78. The van der Waals surface area contributed by atoms with Gasteiger partial charge in [0.2, 0.25) is 0 Å². The summed E-state index contributed by atoms with van der Waals surface area (Å²) >= 11 is 0. The van der Waals surface area contributed by atoms with Gasteiger partial charge in [-0.25, -0.2) is 0 Å². The number of para-hydroxylation sites is 1. The first-order chi connectivity index (χ1) is 10.6. The van der Waals surface area contributed by atoms with Crippen LogP contribution in [0.25, 0.3) is 11.3 Å². The summed E-state index contributed by atoms with van der Waals surface area (Å²) in [6.07, 6.45) is -0.588. The van der Waals surface area contributed by atoms with Crippen molar-refractivity contribution in [1.82, 2.24) is 5.32 Å². The number of hydrogen-bond acceptors (Lipinski definition) is 6. The van der Waals surface area contributed by atoms with E-state index in [0.717, 1.165) is 0 Å². The maximum atomic E-state index is 11.0. The number of aliphatic hydroxyl groups excluding tert-OH is 1. The first-order valence-corrected chi connectivity index (χ1v) is 6.82. The molecule has 1 heterocycles. The molecule has 0 saturated heterocycles. The van der Waals surface area contributed by atoms with Crippen LogP contribution < -0.4 is 5.32 Å². The zero-order valence-corrected chi connectivity index (χ0v) is 12.2. The lowest BCUT2D eigenvalue weighted by atomic mass is 10.1. The number of nitro benzene ring substituents is 1. The minimum absolute atomic E-state index is 0.00637. The lowest BCUT2D eigenvalue weighted by molar-refractivity contribution is -0.384. The van der Waals surface area contributed by atoms with Gasteiger partial charge in [-0.2, -0.15) is 0 Å². The largest absolute Gasteiger partial charge is 0.459 e. The van der Waals surface area contributed by atoms with Crippen molar-refractivity contribution >= 4 is 5.69 Å². The summed E-state index contributed by atoms with van der Waals surface area (Å²) in [4.78, 5) is 10.6. The average molecular weight is 306 g/mol. The molecule has 2 aromatic rings.